The second-order valence-corrected chi connectivity index (χ2v) is 10.6. The normalized spacial score (nSPS) is 17.0. The number of hydrogen-bond acceptors (Lipinski definition) is 5. The predicted octanol–water partition coefficient (Wildman–Crippen LogP) is 1.29. The molecule has 8 nitrogen and oxygen atoms in total. The van der Waals surface area contributed by atoms with Crippen molar-refractivity contribution in [2.45, 2.75) is 38.0 Å². The van der Waals surface area contributed by atoms with Gasteiger partial charge in [-0.15, -0.1) is 0 Å². The fourth-order valence-electron chi connectivity index (χ4n) is 3.03. The number of hydrogen-bond donors (Lipinski definition) is 2. The number of carbonyl (C=O) groups is 1. The Morgan fingerprint density at radius 3 is 2.33 bits per heavy atom. The van der Waals surface area contributed by atoms with Gasteiger partial charge in [-0.05, 0) is 49.4 Å². The van der Waals surface area contributed by atoms with Crippen LogP contribution in [0, 0.1) is 12.8 Å². The lowest BCUT2D eigenvalue weighted by molar-refractivity contribution is -0.115. The molecule has 152 valence electrons. The van der Waals surface area contributed by atoms with Gasteiger partial charge in [0.25, 0.3) is 0 Å². The third-order valence-electron chi connectivity index (χ3n) is 4.67. The van der Waals surface area contributed by atoms with Crippen LogP contribution in [0.3, 0.4) is 0 Å². The van der Waals surface area contributed by atoms with Crippen molar-refractivity contribution in [1.29, 1.82) is 0 Å². The first-order chi connectivity index (χ1) is 12.5. The van der Waals surface area contributed by atoms with Crippen molar-refractivity contribution >= 4 is 31.6 Å². The number of rotatable bonds is 7. The van der Waals surface area contributed by atoms with Crippen LogP contribution >= 0.6 is 0 Å². The molecule has 1 amide bonds. The van der Waals surface area contributed by atoms with Crippen LogP contribution in [0.2, 0.25) is 0 Å². The Labute approximate surface area is 161 Å². The molecule has 1 aromatic rings. The van der Waals surface area contributed by atoms with Gasteiger partial charge in [0, 0.05) is 31.7 Å². The van der Waals surface area contributed by atoms with Gasteiger partial charge in [0.15, 0.2) is 0 Å². The second kappa shape index (κ2) is 8.68. The maximum absolute atomic E-state index is 12.6. The van der Waals surface area contributed by atoms with Gasteiger partial charge in [0.1, 0.15) is 0 Å². The Morgan fingerprint density at radius 1 is 1.19 bits per heavy atom. The van der Waals surface area contributed by atoms with E-state index in [1.165, 1.54) is 16.6 Å². The molecule has 1 aliphatic heterocycles. The average Bonchev–Trinajstić information content (AvgIpc) is 2.59. The highest BCUT2D eigenvalue weighted by Gasteiger charge is 2.26. The molecule has 1 saturated heterocycles. The molecule has 0 aliphatic carbocycles. The highest BCUT2D eigenvalue weighted by molar-refractivity contribution is 7.89. The Hall–Kier alpha value is -1.49. The minimum absolute atomic E-state index is 0.0983. The average molecular weight is 418 g/mol. The quantitative estimate of drug-likeness (QED) is 0.694. The summed E-state index contributed by atoms with van der Waals surface area (Å²) >= 11 is 0. The van der Waals surface area contributed by atoms with Gasteiger partial charge in [-0.25, -0.2) is 25.9 Å². The number of piperidine rings is 1. The number of nitrogens with zero attached hydrogens (tertiary/aromatic N) is 1. The van der Waals surface area contributed by atoms with Gasteiger partial charge in [-0.1, -0.05) is 6.92 Å². The van der Waals surface area contributed by atoms with E-state index in [0.29, 0.717) is 43.6 Å². The monoisotopic (exact) mass is 417 g/mol. The molecule has 2 rings (SSSR count). The van der Waals surface area contributed by atoms with Crippen LogP contribution in [0.25, 0.3) is 0 Å². The number of carbonyl (C=O) groups excluding carboxylic acids is 1. The standard InChI is InChI=1S/C17H27N3O5S2/c1-4-17(21)19-15-5-6-16(13(2)11-15)27(24,25)18-12-14-7-9-20(10-8-14)26(3,22)23/h5-6,11,14,18H,4,7-10,12H2,1-3H3,(H,19,21). The Kier molecular flexibility index (Phi) is 7.01. The first-order valence-electron chi connectivity index (χ1n) is 8.88. The van der Waals surface area contributed by atoms with Gasteiger partial charge >= 0.3 is 0 Å². The Morgan fingerprint density at radius 2 is 1.81 bits per heavy atom. The minimum atomic E-state index is -3.68. The zero-order chi connectivity index (χ0) is 20.2. The summed E-state index contributed by atoms with van der Waals surface area (Å²) < 4.78 is 52.3. The molecule has 0 atom stereocenters. The van der Waals surface area contributed by atoms with Crippen LogP contribution in [-0.2, 0) is 24.8 Å². The van der Waals surface area contributed by atoms with Crippen LogP contribution in [0.5, 0.6) is 0 Å². The van der Waals surface area contributed by atoms with Crippen LogP contribution in [0.15, 0.2) is 23.1 Å². The second-order valence-electron chi connectivity index (χ2n) is 6.84. The molecule has 1 aliphatic rings. The molecule has 1 fully saturated rings. The number of amides is 1. The first kappa shape index (κ1) is 21.8. The topological polar surface area (TPSA) is 113 Å². The molecule has 0 aromatic heterocycles. The summed E-state index contributed by atoms with van der Waals surface area (Å²) in [5.41, 5.74) is 1.11. The molecule has 1 heterocycles. The minimum Gasteiger partial charge on any atom is -0.326 e. The van der Waals surface area contributed by atoms with E-state index < -0.39 is 20.0 Å². The molecule has 0 spiro atoms. The first-order valence-corrected chi connectivity index (χ1v) is 12.2. The van der Waals surface area contributed by atoms with Crippen LogP contribution in [0.1, 0.15) is 31.7 Å². The van der Waals surface area contributed by atoms with E-state index in [9.17, 15) is 21.6 Å². The predicted molar refractivity (Wildman–Crippen MR) is 104 cm³/mol. The number of aryl methyl sites for hydroxylation is 1. The molecule has 0 bridgehead atoms. The van der Waals surface area contributed by atoms with Crippen LogP contribution in [-0.4, -0.2) is 52.9 Å². The molecule has 10 heteroatoms. The fraction of sp³-hybridized carbons (Fsp3) is 0.588. The van der Waals surface area contributed by atoms with Crippen molar-refractivity contribution in [3.05, 3.63) is 23.8 Å². The molecule has 0 radical (unpaired) electrons. The molecule has 2 N–H and O–H groups in total. The lowest BCUT2D eigenvalue weighted by Gasteiger charge is -2.30. The Bertz CT molecular complexity index is 889. The smallest absolute Gasteiger partial charge is 0.240 e. The third kappa shape index (κ3) is 6.00. The largest absolute Gasteiger partial charge is 0.326 e. The van der Waals surface area contributed by atoms with E-state index >= 15 is 0 Å². The van der Waals surface area contributed by atoms with Crippen LogP contribution in [0.4, 0.5) is 5.69 Å². The molecule has 0 unspecified atom stereocenters. The number of benzene rings is 1. The number of sulfonamides is 2. The lowest BCUT2D eigenvalue weighted by Crippen LogP contribution is -2.41. The van der Waals surface area contributed by atoms with Gasteiger partial charge in [-0.2, -0.15) is 0 Å². The van der Waals surface area contributed by atoms with Crippen molar-refractivity contribution in [2.75, 3.05) is 31.2 Å². The zero-order valence-corrected chi connectivity index (χ0v) is 17.5. The maximum atomic E-state index is 12.6. The van der Waals surface area contributed by atoms with Gasteiger partial charge in [0.05, 0.1) is 11.2 Å². The summed E-state index contributed by atoms with van der Waals surface area (Å²) in [5.74, 6) is -0.0373. The van der Waals surface area contributed by atoms with E-state index in [4.69, 9.17) is 0 Å². The molecular formula is C17H27N3O5S2. The van der Waals surface area contributed by atoms with Gasteiger partial charge < -0.3 is 5.32 Å². The number of anilines is 1. The summed E-state index contributed by atoms with van der Waals surface area (Å²) in [6.07, 6.45) is 2.78. The van der Waals surface area contributed by atoms with Crippen molar-refractivity contribution in [2.24, 2.45) is 5.92 Å². The van der Waals surface area contributed by atoms with E-state index in [-0.39, 0.29) is 23.3 Å². The number of nitrogens with one attached hydrogen (secondary N) is 2. The summed E-state index contributed by atoms with van der Waals surface area (Å²) in [6, 6.07) is 4.68. The lowest BCUT2D eigenvalue weighted by atomic mass is 9.99. The van der Waals surface area contributed by atoms with E-state index in [2.05, 4.69) is 10.0 Å². The SMILES string of the molecule is CCC(=O)Nc1ccc(S(=O)(=O)NCC2CCN(S(C)(=O)=O)CC2)c(C)c1. The van der Waals surface area contributed by atoms with E-state index in [1.54, 1.807) is 26.0 Å². The third-order valence-corrected chi connectivity index (χ3v) is 7.56. The van der Waals surface area contributed by atoms with Crippen molar-refractivity contribution in [1.82, 2.24) is 9.03 Å². The zero-order valence-electron chi connectivity index (χ0n) is 15.9. The van der Waals surface area contributed by atoms with Crippen molar-refractivity contribution < 1.29 is 21.6 Å². The van der Waals surface area contributed by atoms with E-state index in [1.807, 2.05) is 0 Å². The van der Waals surface area contributed by atoms with Gasteiger partial charge in [0.2, 0.25) is 26.0 Å². The fourth-order valence-corrected chi connectivity index (χ4v) is 5.24. The molecular weight excluding hydrogens is 390 g/mol. The molecule has 0 saturated carbocycles. The maximum Gasteiger partial charge on any atom is 0.240 e. The van der Waals surface area contributed by atoms with Gasteiger partial charge in [-0.3, -0.25) is 4.79 Å². The molecule has 27 heavy (non-hydrogen) atoms. The summed E-state index contributed by atoms with van der Waals surface area (Å²) in [4.78, 5) is 11.6. The summed E-state index contributed by atoms with van der Waals surface area (Å²) in [6.45, 7) is 4.52. The van der Waals surface area contributed by atoms with E-state index in [0.717, 1.165) is 0 Å². The van der Waals surface area contributed by atoms with Crippen LogP contribution < -0.4 is 10.0 Å². The van der Waals surface area contributed by atoms with Crippen molar-refractivity contribution in [3.63, 3.8) is 0 Å². The summed E-state index contributed by atoms with van der Waals surface area (Å²) in [5, 5.41) is 2.70. The molecule has 1 aromatic carbocycles. The Balaban J connectivity index is 1.98. The highest BCUT2D eigenvalue weighted by Crippen LogP contribution is 2.22. The van der Waals surface area contributed by atoms with Crippen molar-refractivity contribution in [3.8, 4) is 0 Å². The summed E-state index contributed by atoms with van der Waals surface area (Å²) in [7, 11) is -6.87. The highest BCUT2D eigenvalue weighted by atomic mass is 32.2.